The number of unbranched alkanes of at least 4 members (excludes halogenated alkanes) is 1. The van der Waals surface area contributed by atoms with Crippen LogP contribution in [-0.4, -0.2) is 231 Å². The van der Waals surface area contributed by atoms with E-state index in [1.807, 2.05) is 31.7 Å². The first-order valence-electron chi connectivity index (χ1n) is 30.0. The van der Waals surface area contributed by atoms with Gasteiger partial charge in [-0.05, 0) is 135 Å². The van der Waals surface area contributed by atoms with Crippen molar-refractivity contribution >= 4 is 88.2 Å². The predicted molar refractivity (Wildman–Crippen MR) is 331 cm³/mol. The SMILES string of the molecule is C#C[C@H]1CC(F)(F)CN1C(=O)CNC(=O)c1ccnc2ccc(OCCCC3CCN(C(=O)CCC=NNC(CCCCNC(=O)CCCc4ccc(I)cc4)NC(=O)CN4CCN(COC=O)CCN(COC=O)CCN(CC(=O)O)CC4)CC3)cc12. The molecular formula is C61H83F2IN12O12. The summed E-state index contributed by atoms with van der Waals surface area (Å²) in [7, 11) is 0. The van der Waals surface area contributed by atoms with Gasteiger partial charge in [0.05, 0.1) is 49.9 Å². The number of carbonyl (C=O) groups excluding carboxylic acids is 7. The Morgan fingerprint density at radius 3 is 2.14 bits per heavy atom. The van der Waals surface area contributed by atoms with Crippen molar-refractivity contribution in [3.63, 3.8) is 0 Å². The third kappa shape index (κ3) is 25.2. The third-order valence-electron chi connectivity index (χ3n) is 15.6. The van der Waals surface area contributed by atoms with Crippen molar-refractivity contribution in [2.24, 2.45) is 11.0 Å². The summed E-state index contributed by atoms with van der Waals surface area (Å²) in [6.45, 7) is 4.36. The number of amides is 5. The molecule has 3 fully saturated rings. The van der Waals surface area contributed by atoms with Gasteiger partial charge in [0.1, 0.15) is 25.4 Å². The van der Waals surface area contributed by atoms with E-state index in [4.69, 9.17) is 20.6 Å². The van der Waals surface area contributed by atoms with E-state index in [0.29, 0.717) is 146 Å². The van der Waals surface area contributed by atoms with Gasteiger partial charge in [-0.3, -0.25) is 68.4 Å². The molecule has 1 unspecified atom stereocenters. The zero-order valence-corrected chi connectivity index (χ0v) is 52.0. The maximum absolute atomic E-state index is 14.0. The van der Waals surface area contributed by atoms with Crippen LogP contribution in [0.5, 0.6) is 5.75 Å². The van der Waals surface area contributed by atoms with Crippen LogP contribution >= 0.6 is 22.6 Å². The minimum Gasteiger partial charge on any atom is -0.494 e. The molecule has 4 heterocycles. The zero-order chi connectivity index (χ0) is 63.1. The van der Waals surface area contributed by atoms with Crippen LogP contribution in [0.15, 0.2) is 59.8 Å². The highest BCUT2D eigenvalue weighted by molar-refractivity contribution is 14.1. The topological polar surface area (TPSA) is 277 Å². The molecule has 2 aromatic carbocycles. The molecular weight excluding hydrogens is 1260 g/mol. The second-order valence-corrected chi connectivity index (χ2v) is 23.4. The van der Waals surface area contributed by atoms with Crippen molar-refractivity contribution in [3.8, 4) is 18.1 Å². The van der Waals surface area contributed by atoms with E-state index in [1.54, 1.807) is 29.3 Å². The number of aliphatic carboxylic acids is 1. The fourth-order valence-electron chi connectivity index (χ4n) is 10.7. The van der Waals surface area contributed by atoms with Crippen LogP contribution in [0.3, 0.4) is 0 Å². The van der Waals surface area contributed by atoms with Crippen LogP contribution in [0.25, 0.3) is 10.9 Å². The van der Waals surface area contributed by atoms with Crippen LogP contribution in [-0.2, 0) is 49.5 Å². The van der Waals surface area contributed by atoms with E-state index in [9.17, 15) is 52.2 Å². The smallest absolute Gasteiger partial charge is 0.317 e. The van der Waals surface area contributed by atoms with E-state index in [-0.39, 0.29) is 56.3 Å². The number of alkyl halides is 2. The number of ether oxygens (including phenoxy) is 3. The van der Waals surface area contributed by atoms with E-state index >= 15 is 0 Å². The summed E-state index contributed by atoms with van der Waals surface area (Å²) in [5, 5.41) is 23.2. The molecule has 3 aromatic rings. The van der Waals surface area contributed by atoms with E-state index in [2.05, 4.69) is 72.1 Å². The summed E-state index contributed by atoms with van der Waals surface area (Å²) in [5.74, 6) is -2.53. The third-order valence-corrected chi connectivity index (χ3v) is 16.3. The molecule has 88 heavy (non-hydrogen) atoms. The van der Waals surface area contributed by atoms with Crippen LogP contribution in [0.4, 0.5) is 8.78 Å². The number of carbonyl (C=O) groups is 8. The lowest BCUT2D eigenvalue weighted by atomic mass is 9.92. The van der Waals surface area contributed by atoms with Gasteiger partial charge in [0.15, 0.2) is 0 Å². The van der Waals surface area contributed by atoms with Gasteiger partial charge >= 0.3 is 5.97 Å². The Morgan fingerprint density at radius 1 is 0.807 bits per heavy atom. The molecule has 0 bridgehead atoms. The van der Waals surface area contributed by atoms with Crippen molar-refractivity contribution in [2.45, 2.75) is 102 Å². The molecule has 3 aliphatic rings. The second kappa shape index (κ2) is 37.7. The van der Waals surface area contributed by atoms with Crippen LogP contribution in [0.2, 0.25) is 0 Å². The van der Waals surface area contributed by atoms with Crippen LogP contribution in [0.1, 0.15) is 93.0 Å². The fraction of sp³-hybridized carbons (Fsp3) is 0.574. The lowest BCUT2D eigenvalue weighted by molar-refractivity contribution is -0.139. The molecule has 2 atom stereocenters. The molecule has 480 valence electrons. The van der Waals surface area contributed by atoms with Gasteiger partial charge < -0.3 is 45.1 Å². The number of piperidine rings is 1. The minimum atomic E-state index is -3.09. The van der Waals surface area contributed by atoms with Crippen molar-refractivity contribution in [3.05, 3.63) is 69.4 Å². The number of rotatable bonds is 33. The highest BCUT2D eigenvalue weighted by Crippen LogP contribution is 2.32. The number of terminal acetylenes is 1. The Labute approximate surface area is 526 Å². The van der Waals surface area contributed by atoms with Gasteiger partial charge in [0.25, 0.3) is 24.8 Å². The number of likely N-dealkylation sites (tertiary alicyclic amines) is 2. The van der Waals surface area contributed by atoms with E-state index < -0.39 is 55.4 Å². The van der Waals surface area contributed by atoms with Gasteiger partial charge in [0, 0.05) is 113 Å². The molecule has 3 saturated heterocycles. The maximum Gasteiger partial charge on any atom is 0.317 e. The monoisotopic (exact) mass is 1340 g/mol. The van der Waals surface area contributed by atoms with Crippen molar-refractivity contribution in [2.75, 3.05) is 118 Å². The number of hydrazone groups is 1. The Balaban J connectivity index is 0.947. The quantitative estimate of drug-likeness (QED) is 0.0111. The number of nitrogens with one attached hydrogen (secondary N) is 4. The minimum absolute atomic E-state index is 0.00309. The molecule has 0 saturated carbocycles. The Bertz CT molecular complexity index is 2830. The van der Waals surface area contributed by atoms with Crippen molar-refractivity contribution in [1.29, 1.82) is 0 Å². The summed E-state index contributed by atoms with van der Waals surface area (Å²) in [4.78, 5) is 114. The molecule has 5 amide bonds. The molecule has 27 heteroatoms. The molecule has 24 nitrogen and oxygen atoms in total. The molecule has 0 spiro atoms. The lowest BCUT2D eigenvalue weighted by Crippen LogP contribution is -2.51. The zero-order valence-electron chi connectivity index (χ0n) is 49.8. The Hall–Kier alpha value is -7.13. The van der Waals surface area contributed by atoms with E-state index in [1.165, 1.54) is 17.8 Å². The van der Waals surface area contributed by atoms with Gasteiger partial charge in [0.2, 0.25) is 23.6 Å². The average molecular weight is 1340 g/mol. The van der Waals surface area contributed by atoms with Crippen LogP contribution < -0.4 is 26.1 Å². The number of hydrogen-bond donors (Lipinski definition) is 5. The molecule has 5 N–H and O–H groups in total. The number of carboxylic acids is 1. The summed E-state index contributed by atoms with van der Waals surface area (Å²) < 4.78 is 45.3. The fourth-order valence-corrected chi connectivity index (χ4v) is 11.1. The first-order valence-corrected chi connectivity index (χ1v) is 31.1. The Morgan fingerprint density at radius 2 is 1.48 bits per heavy atom. The summed E-state index contributed by atoms with van der Waals surface area (Å²) >= 11 is 2.26. The number of fused-ring (bicyclic) bond motifs is 1. The number of aryl methyl sites for hydroxylation is 1. The maximum atomic E-state index is 14.0. The van der Waals surface area contributed by atoms with E-state index in [0.717, 1.165) is 47.0 Å². The highest BCUT2D eigenvalue weighted by Gasteiger charge is 2.46. The lowest BCUT2D eigenvalue weighted by Gasteiger charge is -2.33. The first-order chi connectivity index (χ1) is 42.5. The largest absolute Gasteiger partial charge is 0.494 e. The second-order valence-electron chi connectivity index (χ2n) is 22.2. The number of aromatic nitrogens is 1. The number of pyridine rings is 1. The number of halogens is 3. The molecule has 6 rings (SSSR count). The predicted octanol–water partition coefficient (Wildman–Crippen LogP) is 3.51. The first kappa shape index (κ1) is 70.0. The molecule has 0 aliphatic carbocycles. The summed E-state index contributed by atoms with van der Waals surface area (Å²) in [6.07, 6.45) is 14.9. The highest BCUT2D eigenvalue weighted by atomic mass is 127. The molecule has 3 aliphatic heterocycles. The van der Waals surface area contributed by atoms with Gasteiger partial charge in [-0.1, -0.05) is 18.1 Å². The summed E-state index contributed by atoms with van der Waals surface area (Å²) in [6, 6.07) is 13.9. The number of benzene rings is 2. The normalized spacial score (nSPS) is 17.9. The Kier molecular flexibility index (Phi) is 29.9. The molecule has 1 aromatic heterocycles. The average Bonchev–Trinajstić information content (AvgIpc) is 3.66. The van der Waals surface area contributed by atoms with Gasteiger partial charge in [-0.15, -0.1) is 6.42 Å². The molecule has 0 radical (unpaired) electrons. The number of hydrogen-bond acceptors (Lipinski definition) is 18. The number of carboxylic acid groups (broad SMARTS) is 1. The standard InChI is InChI=1S/C61H83F2IN12O12/c1-2-49-37-61(62,63)41-76(49)58(82)38-67-60(85)51-19-24-65-53-18-17-50(36-52(51)53)88-35-7-9-47-20-25-75(26-21-47)57(81)12-6-23-68-70-54(10-3-4-22-66-55(79)11-5-8-46-13-15-48(64)16-14-46)69-56(80)39-71-27-28-72(40-59(83)84)30-32-74(43-87-45-78)34-33-73(31-29-71)42-86-44-77/h1,13-19,23-24,36,44-45,47,49,54,70H,3-12,20-22,25-35,37-43H2,(H,66,79)(H,67,85)(H,69,80)(H,83,84)/t49-,54?/m0/s1. The number of nitrogens with zero attached hydrogens (tertiary/aromatic N) is 8. The van der Waals surface area contributed by atoms with Gasteiger partial charge in [-0.2, -0.15) is 5.10 Å². The summed E-state index contributed by atoms with van der Waals surface area (Å²) in [5.41, 5.74) is 5.03. The van der Waals surface area contributed by atoms with Crippen molar-refractivity contribution in [1.82, 2.24) is 55.8 Å². The van der Waals surface area contributed by atoms with Crippen molar-refractivity contribution < 1.29 is 66.5 Å². The van der Waals surface area contributed by atoms with Gasteiger partial charge in [-0.25, -0.2) is 8.78 Å². The van der Waals surface area contributed by atoms with Crippen LogP contribution in [0, 0.1) is 21.8 Å².